The largest absolute Gasteiger partial charge is 0.423 e. The molecule has 0 bridgehead atoms. The number of hydrogen-bond acceptors (Lipinski definition) is 3. The van der Waals surface area contributed by atoms with Crippen molar-refractivity contribution in [1.82, 2.24) is 9.55 Å². The number of imidazole rings is 1. The highest BCUT2D eigenvalue weighted by molar-refractivity contribution is 5.94. The number of esters is 1. The van der Waals surface area contributed by atoms with Crippen LogP contribution < -0.4 is 4.74 Å². The lowest BCUT2D eigenvalue weighted by molar-refractivity contribution is -0.138. The number of allylic oxidation sites excluding steroid dienone is 1. The molecule has 4 heteroatoms. The summed E-state index contributed by atoms with van der Waals surface area (Å²) in [6.07, 6.45) is 2.25. The van der Waals surface area contributed by atoms with Crippen LogP contribution in [0, 0.1) is 0 Å². The molecule has 2 aromatic carbocycles. The third-order valence-corrected chi connectivity index (χ3v) is 3.89. The molecule has 108 valence electrons. The van der Waals surface area contributed by atoms with E-state index in [2.05, 4.69) is 6.58 Å². The van der Waals surface area contributed by atoms with Gasteiger partial charge < -0.3 is 9.30 Å². The van der Waals surface area contributed by atoms with Gasteiger partial charge in [-0.3, -0.25) is 0 Å². The van der Waals surface area contributed by atoms with E-state index in [1.807, 2.05) is 47.0 Å². The zero-order chi connectivity index (χ0) is 15.1. The molecule has 0 radical (unpaired) electrons. The molecule has 0 aliphatic carbocycles. The van der Waals surface area contributed by atoms with Crippen LogP contribution in [0.2, 0.25) is 0 Å². The summed E-state index contributed by atoms with van der Waals surface area (Å²) >= 11 is 0. The SMILES string of the molecule is C=CCC1C(=O)Oc2cccc3nc(-c4ccccc4)n1c23. The minimum Gasteiger partial charge on any atom is -0.423 e. The van der Waals surface area contributed by atoms with E-state index in [1.54, 1.807) is 12.1 Å². The number of para-hydroxylation sites is 1. The maximum atomic E-state index is 12.3. The molecule has 0 amide bonds. The Kier molecular flexibility index (Phi) is 2.82. The fraction of sp³-hybridized carbons (Fsp3) is 0.111. The number of nitrogens with zero attached hydrogens (tertiary/aromatic N) is 2. The molecule has 2 heterocycles. The summed E-state index contributed by atoms with van der Waals surface area (Å²) in [6.45, 7) is 3.75. The molecule has 1 atom stereocenters. The predicted octanol–water partition coefficient (Wildman–Crippen LogP) is 3.74. The normalized spacial score (nSPS) is 16.5. The van der Waals surface area contributed by atoms with Crippen LogP contribution in [0.15, 0.2) is 61.2 Å². The van der Waals surface area contributed by atoms with Crippen molar-refractivity contribution in [3.05, 3.63) is 61.2 Å². The van der Waals surface area contributed by atoms with Gasteiger partial charge in [-0.25, -0.2) is 9.78 Å². The molecular weight excluding hydrogens is 276 g/mol. The van der Waals surface area contributed by atoms with E-state index in [1.165, 1.54) is 0 Å². The monoisotopic (exact) mass is 290 g/mol. The molecule has 1 aliphatic heterocycles. The number of ether oxygens (including phenoxy) is 1. The average molecular weight is 290 g/mol. The van der Waals surface area contributed by atoms with Gasteiger partial charge in [-0.2, -0.15) is 0 Å². The number of carbonyl (C=O) groups excluding carboxylic acids is 1. The molecule has 1 aliphatic rings. The molecule has 0 N–H and O–H groups in total. The Balaban J connectivity index is 2.06. The van der Waals surface area contributed by atoms with Crippen LogP contribution in [0.1, 0.15) is 12.5 Å². The van der Waals surface area contributed by atoms with Gasteiger partial charge in [0.15, 0.2) is 5.75 Å². The van der Waals surface area contributed by atoms with Crippen LogP contribution >= 0.6 is 0 Å². The summed E-state index contributed by atoms with van der Waals surface area (Å²) in [7, 11) is 0. The van der Waals surface area contributed by atoms with Crippen LogP contribution in [0.4, 0.5) is 0 Å². The third-order valence-electron chi connectivity index (χ3n) is 3.89. The van der Waals surface area contributed by atoms with Crippen molar-refractivity contribution >= 4 is 17.0 Å². The Morgan fingerprint density at radius 3 is 2.77 bits per heavy atom. The quantitative estimate of drug-likeness (QED) is 0.419. The molecule has 1 unspecified atom stereocenters. The van der Waals surface area contributed by atoms with Crippen molar-refractivity contribution < 1.29 is 9.53 Å². The smallest absolute Gasteiger partial charge is 0.334 e. The van der Waals surface area contributed by atoms with E-state index in [0.717, 1.165) is 22.4 Å². The Morgan fingerprint density at radius 1 is 1.18 bits per heavy atom. The van der Waals surface area contributed by atoms with Gasteiger partial charge in [-0.1, -0.05) is 42.5 Å². The standard InChI is InChI=1S/C18H14N2O2/c1-2-7-14-18(21)22-15-11-6-10-13-16(15)20(14)17(19-13)12-8-4-3-5-9-12/h2-6,8-11,14H,1,7H2. The fourth-order valence-electron chi connectivity index (χ4n) is 2.93. The van der Waals surface area contributed by atoms with Crippen LogP contribution in [0.3, 0.4) is 0 Å². The maximum Gasteiger partial charge on any atom is 0.334 e. The third kappa shape index (κ3) is 1.77. The highest BCUT2D eigenvalue weighted by atomic mass is 16.5. The van der Waals surface area contributed by atoms with Crippen LogP contribution in [-0.2, 0) is 4.79 Å². The molecule has 0 saturated heterocycles. The minimum absolute atomic E-state index is 0.268. The Hall–Kier alpha value is -2.88. The lowest BCUT2D eigenvalue weighted by atomic mass is 10.1. The van der Waals surface area contributed by atoms with Crippen molar-refractivity contribution in [1.29, 1.82) is 0 Å². The zero-order valence-electron chi connectivity index (χ0n) is 11.9. The Morgan fingerprint density at radius 2 is 2.00 bits per heavy atom. The molecule has 3 aromatic rings. The van der Waals surface area contributed by atoms with Gasteiger partial charge in [-0.05, 0) is 18.6 Å². The van der Waals surface area contributed by atoms with Gasteiger partial charge in [0.2, 0.25) is 0 Å². The van der Waals surface area contributed by atoms with Crippen molar-refractivity contribution in [2.45, 2.75) is 12.5 Å². The number of rotatable bonds is 3. The lowest BCUT2D eigenvalue weighted by Gasteiger charge is -2.24. The Labute approximate surface area is 127 Å². The molecule has 0 spiro atoms. The fourth-order valence-corrected chi connectivity index (χ4v) is 2.93. The predicted molar refractivity (Wildman–Crippen MR) is 84.7 cm³/mol. The molecule has 0 fully saturated rings. The van der Waals surface area contributed by atoms with Crippen LogP contribution in [0.5, 0.6) is 5.75 Å². The maximum absolute atomic E-state index is 12.3. The minimum atomic E-state index is -0.424. The van der Waals surface area contributed by atoms with Crippen molar-refractivity contribution in [3.63, 3.8) is 0 Å². The summed E-state index contributed by atoms with van der Waals surface area (Å²) in [5, 5.41) is 0. The van der Waals surface area contributed by atoms with Crippen LogP contribution in [0.25, 0.3) is 22.4 Å². The molecule has 4 nitrogen and oxygen atoms in total. The first-order chi connectivity index (χ1) is 10.8. The van der Waals surface area contributed by atoms with Gasteiger partial charge in [0.1, 0.15) is 17.4 Å². The molecule has 0 saturated carbocycles. The summed E-state index contributed by atoms with van der Waals surface area (Å²) in [5.74, 6) is 1.08. The second kappa shape index (κ2) is 4.84. The van der Waals surface area contributed by atoms with Crippen molar-refractivity contribution in [2.75, 3.05) is 0 Å². The van der Waals surface area contributed by atoms with Crippen molar-refractivity contribution in [2.24, 2.45) is 0 Å². The average Bonchev–Trinajstić information content (AvgIpc) is 2.93. The zero-order valence-corrected chi connectivity index (χ0v) is 11.9. The molecule has 22 heavy (non-hydrogen) atoms. The second-order valence-corrected chi connectivity index (χ2v) is 5.26. The molecular formula is C18H14N2O2. The van der Waals surface area contributed by atoms with E-state index >= 15 is 0 Å². The van der Waals surface area contributed by atoms with Crippen molar-refractivity contribution in [3.8, 4) is 17.1 Å². The lowest BCUT2D eigenvalue weighted by Crippen LogP contribution is -2.28. The second-order valence-electron chi connectivity index (χ2n) is 5.26. The summed E-state index contributed by atoms with van der Waals surface area (Å²) in [6, 6.07) is 15.0. The van der Waals surface area contributed by atoms with Gasteiger partial charge in [0.25, 0.3) is 0 Å². The summed E-state index contributed by atoms with van der Waals surface area (Å²) in [4.78, 5) is 17.1. The van der Waals surface area contributed by atoms with E-state index in [9.17, 15) is 4.79 Å². The van der Waals surface area contributed by atoms with E-state index in [4.69, 9.17) is 9.72 Å². The van der Waals surface area contributed by atoms with Gasteiger partial charge in [-0.15, -0.1) is 6.58 Å². The van der Waals surface area contributed by atoms with Crippen LogP contribution in [-0.4, -0.2) is 15.5 Å². The molecule has 4 rings (SSSR count). The summed E-state index contributed by atoms with van der Waals surface area (Å²) < 4.78 is 7.45. The first-order valence-electron chi connectivity index (χ1n) is 7.18. The van der Waals surface area contributed by atoms with E-state index in [0.29, 0.717) is 12.2 Å². The van der Waals surface area contributed by atoms with E-state index in [-0.39, 0.29) is 5.97 Å². The topological polar surface area (TPSA) is 44.1 Å². The van der Waals surface area contributed by atoms with Gasteiger partial charge in [0.05, 0.1) is 5.52 Å². The first-order valence-corrected chi connectivity index (χ1v) is 7.18. The number of aromatic nitrogens is 2. The highest BCUT2D eigenvalue weighted by Crippen LogP contribution is 2.38. The van der Waals surface area contributed by atoms with E-state index < -0.39 is 6.04 Å². The van der Waals surface area contributed by atoms with Gasteiger partial charge >= 0.3 is 5.97 Å². The Bertz CT molecular complexity index is 881. The molecule has 1 aromatic heterocycles. The van der Waals surface area contributed by atoms with Gasteiger partial charge in [0, 0.05) is 5.56 Å². The number of carbonyl (C=O) groups is 1. The summed E-state index contributed by atoms with van der Waals surface area (Å²) in [5.41, 5.74) is 2.68. The number of hydrogen-bond donors (Lipinski definition) is 0. The highest BCUT2D eigenvalue weighted by Gasteiger charge is 2.32. The number of benzene rings is 2. The first kappa shape index (κ1) is 12.8.